The lowest BCUT2D eigenvalue weighted by molar-refractivity contribution is 0.0778. The molecule has 0 aromatic heterocycles. The molecule has 1 fully saturated rings. The predicted octanol–water partition coefficient (Wildman–Crippen LogP) is 2.53. The van der Waals surface area contributed by atoms with Gasteiger partial charge in [-0.2, -0.15) is 0 Å². The van der Waals surface area contributed by atoms with Gasteiger partial charge in [0, 0.05) is 30.9 Å². The first-order chi connectivity index (χ1) is 8.55. The summed E-state index contributed by atoms with van der Waals surface area (Å²) >= 11 is 0. The molecule has 3 nitrogen and oxygen atoms in total. The zero-order valence-corrected chi connectivity index (χ0v) is 11.1. The van der Waals surface area contributed by atoms with Crippen molar-refractivity contribution in [2.45, 2.75) is 26.7 Å². The molecule has 1 saturated heterocycles. The molecule has 0 aliphatic carbocycles. The molecular formula is C15H20N2O. The van der Waals surface area contributed by atoms with E-state index < -0.39 is 0 Å². The topological polar surface area (TPSA) is 32.3 Å². The first kappa shape index (κ1) is 11.6. The van der Waals surface area contributed by atoms with E-state index in [1.54, 1.807) is 0 Å². The van der Waals surface area contributed by atoms with Crippen LogP contribution in [0.1, 0.15) is 36.2 Å². The van der Waals surface area contributed by atoms with Gasteiger partial charge < -0.3 is 10.2 Å². The van der Waals surface area contributed by atoms with Crippen LogP contribution in [0, 0.1) is 5.41 Å². The van der Waals surface area contributed by atoms with Crippen LogP contribution in [0.25, 0.3) is 0 Å². The van der Waals surface area contributed by atoms with Gasteiger partial charge >= 0.3 is 0 Å². The molecule has 2 aliphatic rings. The largest absolute Gasteiger partial charge is 0.384 e. The van der Waals surface area contributed by atoms with Crippen LogP contribution in [0.5, 0.6) is 0 Å². The maximum absolute atomic E-state index is 12.4. The minimum Gasteiger partial charge on any atom is -0.384 e. The van der Waals surface area contributed by atoms with E-state index in [-0.39, 0.29) is 11.3 Å². The summed E-state index contributed by atoms with van der Waals surface area (Å²) in [5, 5.41) is 3.32. The van der Waals surface area contributed by atoms with E-state index in [0.717, 1.165) is 38.0 Å². The average Bonchev–Trinajstić information content (AvgIpc) is 2.93. The van der Waals surface area contributed by atoms with Crippen LogP contribution < -0.4 is 5.32 Å². The molecule has 2 heterocycles. The number of fused-ring (bicyclic) bond motifs is 1. The van der Waals surface area contributed by atoms with Crippen LogP contribution in [-0.4, -0.2) is 30.4 Å². The molecule has 1 N–H and O–H groups in total. The van der Waals surface area contributed by atoms with Crippen molar-refractivity contribution in [1.29, 1.82) is 0 Å². The van der Waals surface area contributed by atoms with Gasteiger partial charge in [0.25, 0.3) is 5.91 Å². The summed E-state index contributed by atoms with van der Waals surface area (Å²) in [6, 6.07) is 6.05. The summed E-state index contributed by atoms with van der Waals surface area (Å²) in [5.41, 5.74) is 3.58. The van der Waals surface area contributed by atoms with E-state index in [1.807, 2.05) is 17.0 Å². The molecule has 0 unspecified atom stereocenters. The minimum absolute atomic E-state index is 0.190. The van der Waals surface area contributed by atoms with Crippen molar-refractivity contribution in [2.75, 3.05) is 25.0 Å². The number of hydrogen-bond acceptors (Lipinski definition) is 2. The van der Waals surface area contributed by atoms with Gasteiger partial charge in [-0.25, -0.2) is 0 Å². The first-order valence-electron chi connectivity index (χ1n) is 6.71. The Morgan fingerprint density at radius 3 is 2.94 bits per heavy atom. The van der Waals surface area contributed by atoms with Crippen LogP contribution in [0.2, 0.25) is 0 Å². The zero-order chi connectivity index (χ0) is 12.8. The Morgan fingerprint density at radius 2 is 2.22 bits per heavy atom. The molecular weight excluding hydrogens is 224 g/mol. The number of nitrogens with zero attached hydrogens (tertiary/aromatic N) is 1. The molecule has 0 radical (unpaired) electrons. The van der Waals surface area contributed by atoms with E-state index in [1.165, 1.54) is 11.3 Å². The van der Waals surface area contributed by atoms with Crippen molar-refractivity contribution in [3.05, 3.63) is 29.3 Å². The molecule has 0 bridgehead atoms. The summed E-state index contributed by atoms with van der Waals surface area (Å²) in [5.74, 6) is 0.190. The van der Waals surface area contributed by atoms with Crippen LogP contribution in [0.3, 0.4) is 0 Å². The lowest BCUT2D eigenvalue weighted by Crippen LogP contribution is -2.30. The smallest absolute Gasteiger partial charge is 0.253 e. The molecule has 1 aromatic carbocycles. The van der Waals surface area contributed by atoms with Gasteiger partial charge in [0.1, 0.15) is 0 Å². The number of carbonyl (C=O) groups is 1. The summed E-state index contributed by atoms with van der Waals surface area (Å²) < 4.78 is 0. The van der Waals surface area contributed by atoms with Gasteiger partial charge in [-0.05, 0) is 42.0 Å². The van der Waals surface area contributed by atoms with Crippen molar-refractivity contribution in [3.8, 4) is 0 Å². The summed E-state index contributed by atoms with van der Waals surface area (Å²) in [7, 11) is 0. The lowest BCUT2D eigenvalue weighted by Gasteiger charge is -2.20. The monoisotopic (exact) mass is 244 g/mol. The highest BCUT2D eigenvalue weighted by atomic mass is 16.2. The Balaban J connectivity index is 1.81. The Hall–Kier alpha value is -1.51. The Kier molecular flexibility index (Phi) is 2.58. The zero-order valence-electron chi connectivity index (χ0n) is 11.1. The minimum atomic E-state index is 0.190. The molecule has 1 aromatic rings. The number of benzene rings is 1. The highest BCUT2D eigenvalue weighted by Gasteiger charge is 2.32. The van der Waals surface area contributed by atoms with Crippen molar-refractivity contribution in [1.82, 2.24) is 4.90 Å². The fourth-order valence-electron chi connectivity index (χ4n) is 2.91. The standard InChI is InChI=1S/C15H20N2O/c1-15(2)6-8-17(10-15)14(18)12-3-4-13-11(9-12)5-7-16-13/h3-4,9,16H,5-8,10H2,1-2H3. The van der Waals surface area contributed by atoms with Gasteiger partial charge in [0.05, 0.1) is 0 Å². The molecule has 3 rings (SSSR count). The highest BCUT2D eigenvalue weighted by molar-refractivity contribution is 5.95. The van der Waals surface area contributed by atoms with Crippen molar-refractivity contribution < 1.29 is 4.79 Å². The summed E-state index contributed by atoms with van der Waals surface area (Å²) in [6.07, 6.45) is 2.13. The fourth-order valence-corrected chi connectivity index (χ4v) is 2.91. The number of likely N-dealkylation sites (tertiary alicyclic amines) is 1. The van der Waals surface area contributed by atoms with Gasteiger partial charge in [-0.15, -0.1) is 0 Å². The molecule has 3 heteroatoms. The van der Waals surface area contributed by atoms with Crippen molar-refractivity contribution >= 4 is 11.6 Å². The number of rotatable bonds is 1. The second kappa shape index (κ2) is 4.01. The molecule has 0 atom stereocenters. The third-order valence-corrected chi connectivity index (χ3v) is 4.03. The van der Waals surface area contributed by atoms with E-state index >= 15 is 0 Å². The molecule has 1 amide bonds. The van der Waals surface area contributed by atoms with Crippen molar-refractivity contribution in [2.24, 2.45) is 5.41 Å². The Labute approximate surface area is 108 Å². The molecule has 2 aliphatic heterocycles. The Bertz CT molecular complexity index is 493. The van der Waals surface area contributed by atoms with E-state index in [0.29, 0.717) is 0 Å². The van der Waals surface area contributed by atoms with Crippen LogP contribution in [0.4, 0.5) is 5.69 Å². The fraction of sp³-hybridized carbons (Fsp3) is 0.533. The number of hydrogen-bond donors (Lipinski definition) is 1. The lowest BCUT2D eigenvalue weighted by atomic mass is 9.93. The van der Waals surface area contributed by atoms with Crippen LogP contribution in [-0.2, 0) is 6.42 Å². The summed E-state index contributed by atoms with van der Waals surface area (Å²) in [6.45, 7) is 7.21. The second-order valence-corrected chi connectivity index (χ2v) is 6.19. The maximum atomic E-state index is 12.4. The first-order valence-corrected chi connectivity index (χ1v) is 6.71. The quantitative estimate of drug-likeness (QED) is 0.823. The van der Waals surface area contributed by atoms with Gasteiger partial charge in [-0.3, -0.25) is 4.79 Å². The summed E-state index contributed by atoms with van der Waals surface area (Å²) in [4.78, 5) is 14.4. The van der Waals surface area contributed by atoms with E-state index in [4.69, 9.17) is 0 Å². The third-order valence-electron chi connectivity index (χ3n) is 4.03. The SMILES string of the molecule is CC1(C)CCN(C(=O)c2ccc3c(c2)CCN3)C1. The normalized spacial score (nSPS) is 20.7. The van der Waals surface area contributed by atoms with E-state index in [2.05, 4.69) is 25.2 Å². The van der Waals surface area contributed by atoms with Gasteiger partial charge in [-0.1, -0.05) is 13.8 Å². The third kappa shape index (κ3) is 1.98. The van der Waals surface area contributed by atoms with Gasteiger partial charge in [0.2, 0.25) is 0 Å². The highest BCUT2D eigenvalue weighted by Crippen LogP contribution is 2.30. The number of amides is 1. The molecule has 18 heavy (non-hydrogen) atoms. The molecule has 0 spiro atoms. The predicted molar refractivity (Wildman–Crippen MR) is 72.9 cm³/mol. The van der Waals surface area contributed by atoms with E-state index in [9.17, 15) is 4.79 Å². The number of carbonyl (C=O) groups excluding carboxylic acids is 1. The molecule has 0 saturated carbocycles. The molecule has 96 valence electrons. The Morgan fingerprint density at radius 1 is 1.39 bits per heavy atom. The van der Waals surface area contributed by atoms with Crippen LogP contribution in [0.15, 0.2) is 18.2 Å². The number of anilines is 1. The number of nitrogens with one attached hydrogen (secondary N) is 1. The second-order valence-electron chi connectivity index (χ2n) is 6.19. The van der Waals surface area contributed by atoms with Gasteiger partial charge in [0.15, 0.2) is 0 Å². The van der Waals surface area contributed by atoms with Crippen molar-refractivity contribution in [3.63, 3.8) is 0 Å². The maximum Gasteiger partial charge on any atom is 0.253 e. The van der Waals surface area contributed by atoms with Crippen LogP contribution >= 0.6 is 0 Å². The average molecular weight is 244 g/mol.